The van der Waals surface area contributed by atoms with Crippen molar-refractivity contribution in [1.82, 2.24) is 9.97 Å². The van der Waals surface area contributed by atoms with E-state index in [4.69, 9.17) is 4.74 Å². The van der Waals surface area contributed by atoms with Gasteiger partial charge in [-0.2, -0.15) is 13.5 Å². The molecule has 176 valence electrons. The van der Waals surface area contributed by atoms with Gasteiger partial charge < -0.3 is 20.1 Å². The Hall–Kier alpha value is -2.32. The van der Waals surface area contributed by atoms with E-state index >= 15 is 0 Å². The highest BCUT2D eigenvalue weighted by atomic mass is 32.1. The van der Waals surface area contributed by atoms with Gasteiger partial charge in [-0.05, 0) is 49.8 Å². The average molecular weight is 461 g/mol. The van der Waals surface area contributed by atoms with Crippen molar-refractivity contribution < 1.29 is 14.6 Å². The summed E-state index contributed by atoms with van der Waals surface area (Å²) in [6, 6.07) is 6.73. The molecule has 1 aliphatic heterocycles. The number of hydrogen-bond acceptors (Lipinski definition) is 6. The Kier molecular flexibility index (Phi) is 10.3. The molecule has 7 nitrogen and oxygen atoms in total. The van der Waals surface area contributed by atoms with Crippen LogP contribution in [0.25, 0.3) is 0 Å². The van der Waals surface area contributed by atoms with Crippen LogP contribution in [0.4, 0.5) is 17.1 Å². The minimum absolute atomic E-state index is 0. The maximum atomic E-state index is 11.4. The number of nitrogens with one attached hydrogen (secondary N) is 1. The van der Waals surface area contributed by atoms with Gasteiger partial charge in [-0.25, -0.2) is 9.97 Å². The fourth-order valence-corrected chi connectivity index (χ4v) is 4.25. The van der Waals surface area contributed by atoms with E-state index < -0.39 is 5.97 Å². The number of benzene rings is 1. The normalized spacial score (nSPS) is 15.0. The summed E-state index contributed by atoms with van der Waals surface area (Å²) in [4.78, 5) is 22.6. The molecule has 0 bridgehead atoms. The first-order valence-electron chi connectivity index (χ1n) is 11.3. The number of carbonyl (C=O) groups is 1. The molecule has 0 unspecified atom stereocenters. The maximum Gasteiger partial charge on any atom is 0.303 e. The van der Waals surface area contributed by atoms with Gasteiger partial charge in [0.15, 0.2) is 0 Å². The Balaban J connectivity index is 0.00000363. The van der Waals surface area contributed by atoms with E-state index in [1.807, 2.05) is 26.2 Å². The van der Waals surface area contributed by atoms with E-state index in [-0.39, 0.29) is 25.8 Å². The minimum atomic E-state index is -0.772. The number of carboxylic acid groups (broad SMARTS) is 1. The smallest absolute Gasteiger partial charge is 0.303 e. The number of anilines is 3. The number of aliphatic carboxylic acids is 1. The van der Waals surface area contributed by atoms with Gasteiger partial charge in [0.25, 0.3) is 0 Å². The Morgan fingerprint density at radius 2 is 1.91 bits per heavy atom. The van der Waals surface area contributed by atoms with Gasteiger partial charge in [-0.3, -0.25) is 4.79 Å². The molecular weight excluding hydrogens is 424 g/mol. The number of carboxylic acids is 1. The van der Waals surface area contributed by atoms with Crippen LogP contribution < -0.4 is 10.2 Å². The van der Waals surface area contributed by atoms with Crippen LogP contribution in [0.1, 0.15) is 63.8 Å². The predicted octanol–water partition coefficient (Wildman–Crippen LogP) is 4.87. The topological polar surface area (TPSA) is 87.6 Å². The van der Waals surface area contributed by atoms with Gasteiger partial charge in [0.2, 0.25) is 0 Å². The number of aromatic nitrogens is 2. The van der Waals surface area contributed by atoms with Crippen molar-refractivity contribution in [2.24, 2.45) is 0 Å². The fraction of sp³-hybridized carbons (Fsp3) is 0.542. The summed E-state index contributed by atoms with van der Waals surface area (Å²) in [5.41, 5.74) is 3.93. The lowest BCUT2D eigenvalue weighted by molar-refractivity contribution is -0.137. The Morgan fingerprint density at radius 1 is 1.22 bits per heavy atom. The lowest BCUT2D eigenvalue weighted by Gasteiger charge is -2.36. The lowest BCUT2D eigenvalue weighted by Crippen LogP contribution is -2.39. The van der Waals surface area contributed by atoms with E-state index in [1.54, 1.807) is 0 Å². The van der Waals surface area contributed by atoms with Crippen LogP contribution >= 0.6 is 13.5 Å². The SMILES string of the molecule is CCc1ncc(Nc2cc([C@@H](CC)CC(=O)O)ccc2N(CC)C2CCOCC2)cn1.S. The van der Waals surface area contributed by atoms with Crippen molar-refractivity contribution in [2.45, 2.75) is 64.8 Å². The monoisotopic (exact) mass is 460 g/mol. The summed E-state index contributed by atoms with van der Waals surface area (Å²) < 4.78 is 5.57. The minimum Gasteiger partial charge on any atom is -0.481 e. The van der Waals surface area contributed by atoms with Crippen LogP contribution in [0.5, 0.6) is 0 Å². The molecule has 32 heavy (non-hydrogen) atoms. The largest absolute Gasteiger partial charge is 0.481 e. The number of ether oxygens (including phenoxy) is 1. The quantitative estimate of drug-likeness (QED) is 0.523. The Morgan fingerprint density at radius 3 is 2.47 bits per heavy atom. The summed E-state index contributed by atoms with van der Waals surface area (Å²) in [6.45, 7) is 8.69. The van der Waals surface area contributed by atoms with Crippen molar-refractivity contribution >= 4 is 36.5 Å². The molecule has 1 fully saturated rings. The van der Waals surface area contributed by atoms with Gasteiger partial charge in [0, 0.05) is 32.2 Å². The van der Waals surface area contributed by atoms with Crippen molar-refractivity contribution in [3.8, 4) is 0 Å². The molecule has 1 saturated heterocycles. The molecule has 1 aromatic carbocycles. The molecule has 0 radical (unpaired) electrons. The predicted molar refractivity (Wildman–Crippen MR) is 134 cm³/mol. The molecule has 1 aromatic heterocycles. The highest BCUT2D eigenvalue weighted by molar-refractivity contribution is 7.59. The van der Waals surface area contributed by atoms with Crippen LogP contribution in [-0.4, -0.2) is 46.8 Å². The molecule has 2 aromatic rings. The summed E-state index contributed by atoms with van der Waals surface area (Å²) in [5, 5.41) is 12.8. The van der Waals surface area contributed by atoms with Gasteiger partial charge in [0.05, 0.1) is 35.9 Å². The number of aryl methyl sites for hydroxylation is 1. The number of rotatable bonds is 10. The molecule has 2 N–H and O–H groups in total. The first-order chi connectivity index (χ1) is 15.0. The maximum absolute atomic E-state index is 11.4. The van der Waals surface area contributed by atoms with E-state index in [0.717, 1.165) is 73.9 Å². The van der Waals surface area contributed by atoms with Crippen LogP contribution in [0.15, 0.2) is 30.6 Å². The third kappa shape index (κ3) is 6.59. The molecule has 1 aliphatic rings. The second kappa shape index (κ2) is 12.6. The summed E-state index contributed by atoms with van der Waals surface area (Å²) >= 11 is 0. The second-order valence-corrected chi connectivity index (χ2v) is 7.98. The summed E-state index contributed by atoms with van der Waals surface area (Å²) in [5.74, 6) is 0.0137. The number of hydrogen-bond donors (Lipinski definition) is 2. The Labute approximate surface area is 198 Å². The molecule has 0 amide bonds. The Bertz CT molecular complexity index is 857. The van der Waals surface area contributed by atoms with E-state index in [0.29, 0.717) is 6.04 Å². The summed E-state index contributed by atoms with van der Waals surface area (Å²) in [6.07, 6.45) is 7.31. The fourth-order valence-electron chi connectivity index (χ4n) is 4.25. The molecule has 2 heterocycles. The second-order valence-electron chi connectivity index (χ2n) is 7.98. The zero-order chi connectivity index (χ0) is 22.2. The van der Waals surface area contributed by atoms with Gasteiger partial charge in [0.1, 0.15) is 5.82 Å². The molecule has 3 rings (SSSR count). The first kappa shape index (κ1) is 25.9. The molecular formula is C24H36N4O3S. The van der Waals surface area contributed by atoms with Crippen molar-refractivity contribution in [3.05, 3.63) is 42.0 Å². The third-order valence-corrected chi connectivity index (χ3v) is 5.99. The van der Waals surface area contributed by atoms with Gasteiger partial charge >= 0.3 is 5.97 Å². The van der Waals surface area contributed by atoms with E-state index in [9.17, 15) is 9.90 Å². The van der Waals surface area contributed by atoms with Crippen LogP contribution in [-0.2, 0) is 16.0 Å². The summed E-state index contributed by atoms with van der Waals surface area (Å²) in [7, 11) is 0. The van der Waals surface area contributed by atoms with Gasteiger partial charge in [-0.15, -0.1) is 0 Å². The molecule has 0 saturated carbocycles. The number of nitrogens with zero attached hydrogens (tertiary/aromatic N) is 3. The highest BCUT2D eigenvalue weighted by Crippen LogP contribution is 2.36. The van der Waals surface area contributed by atoms with Crippen LogP contribution in [0.3, 0.4) is 0 Å². The molecule has 0 spiro atoms. The van der Waals surface area contributed by atoms with E-state index in [1.165, 1.54) is 0 Å². The van der Waals surface area contributed by atoms with Crippen LogP contribution in [0, 0.1) is 0 Å². The third-order valence-electron chi connectivity index (χ3n) is 5.99. The average Bonchev–Trinajstić information content (AvgIpc) is 2.80. The zero-order valence-corrected chi connectivity index (χ0v) is 20.3. The lowest BCUT2D eigenvalue weighted by atomic mass is 9.92. The molecule has 1 atom stereocenters. The van der Waals surface area contributed by atoms with Crippen molar-refractivity contribution in [1.29, 1.82) is 0 Å². The van der Waals surface area contributed by atoms with Crippen molar-refractivity contribution in [2.75, 3.05) is 30.0 Å². The van der Waals surface area contributed by atoms with Crippen LogP contribution in [0.2, 0.25) is 0 Å². The first-order valence-corrected chi connectivity index (χ1v) is 11.3. The standard InChI is InChI=1S/C24H34N4O3.H2S/c1-4-17(14-24(29)30)18-7-8-22(28(6-3)20-9-11-31-12-10-20)21(13-18)27-19-15-25-23(5-2)26-16-19;/h7-8,13,15-17,20,27H,4-6,9-12,14H2,1-3H3,(H,29,30);1H2/t17-;/m0./s1. The van der Waals surface area contributed by atoms with Gasteiger partial charge in [-0.1, -0.05) is 19.9 Å². The molecule has 0 aliphatic carbocycles. The van der Waals surface area contributed by atoms with Crippen molar-refractivity contribution in [3.63, 3.8) is 0 Å². The highest BCUT2D eigenvalue weighted by Gasteiger charge is 2.24. The van der Waals surface area contributed by atoms with E-state index in [2.05, 4.69) is 45.3 Å². The zero-order valence-electron chi connectivity index (χ0n) is 19.3. The molecule has 8 heteroatoms.